The van der Waals surface area contributed by atoms with Crippen molar-refractivity contribution in [3.63, 3.8) is 0 Å². The summed E-state index contributed by atoms with van der Waals surface area (Å²) in [5, 5.41) is 30.4. The fourth-order valence-electron chi connectivity index (χ4n) is 25.6. The number of pyridine rings is 3. The molecule has 15 aliphatic rings. The summed E-state index contributed by atoms with van der Waals surface area (Å²) < 4.78 is 60.2. The number of fused-ring (bicyclic) bond motifs is 10. The first-order chi connectivity index (χ1) is 57.2. The van der Waals surface area contributed by atoms with Gasteiger partial charge < -0.3 is 57.5 Å². The predicted octanol–water partition coefficient (Wildman–Crippen LogP) is 15.2. The van der Waals surface area contributed by atoms with Gasteiger partial charge in [-0.05, 0) is 286 Å². The van der Waals surface area contributed by atoms with Crippen molar-refractivity contribution >= 4 is 122 Å². The van der Waals surface area contributed by atoms with E-state index in [4.69, 9.17) is 37.4 Å². The molecule has 5 aliphatic heterocycles. The molecule has 0 unspecified atom stereocenters. The Kier molecular flexibility index (Phi) is 35.7. The standard InChI is InChI=1S/C20H24BrNO3.C20H24BrNO2.C14H20O4.C14H22O3.C14H20O3.C10H15BrNO3P.ClO.Na/c1-12-18-17(9-8-15-7-6-14(21)11-22-15)16-5-3-2-4-13(16)10-20(18,24)19(23)25-12;1-12-19-17(9-8-15-7-6-14(21)11-22-15)16-5-3-2-4-13(16)10-18(19)20(23)24-12;1-7-11-10(14(17)18-7)6-8-4-2-3-5-9(8)12(11)13(15)16;2*1-8-13-11(14(16)17-8)6-9-4-2-3-5-10(9)12(13)7-15;1-3-14-16(13,15-4-2)8-10-6-5-9(11)7-12-10;1-2;/h6-9,11-13,16-18,24H,2-5,10H2,1H3;6-9,11-13,16-19H,2-5,10H2,1H3;7-12H,2-6H2,1H3,(H,15,16);8-13,15H,2-7H2,1H3;7-13H,2-6H2,1H3;5-7H,3-4,8H2,1-2H3;;/q;;;;;;-1;+1/b2*9-8+;;;;;;/t12-,13+,16-,17+,18+,20+;12-,13+,16-,17+,18-,19+;7-,8+,9-,10-,11-,12+;2*8-,9+,10-,11-,12+,13-;;;/m11111.../s1. The number of aliphatic hydroxyl groups excluding tert-OH is 1. The third-order valence-electron chi connectivity index (χ3n) is 30.4. The van der Waals surface area contributed by atoms with Gasteiger partial charge in [0.25, 0.3) is 0 Å². The Hall–Kier alpha value is -3.82. The number of carboxylic acids is 1. The number of esters is 5. The minimum Gasteiger partial charge on any atom is -0.769 e. The molecular formula is C92H125Br3ClN3NaO19P. The van der Waals surface area contributed by atoms with Gasteiger partial charge in [-0.1, -0.05) is 108 Å². The monoisotopic (exact) mass is 1900 g/mol. The Labute approximate surface area is 761 Å². The number of ether oxygens (including phenoxy) is 5. The Balaban J connectivity index is 0.000000141. The van der Waals surface area contributed by atoms with Crippen LogP contribution in [0, 0.1) is 142 Å². The molecule has 0 spiro atoms. The van der Waals surface area contributed by atoms with E-state index in [-0.39, 0.29) is 168 Å². The molecule has 0 aromatic carbocycles. The third-order valence-corrected chi connectivity index (χ3v) is 33.8. The van der Waals surface area contributed by atoms with Crippen molar-refractivity contribution in [3.8, 4) is 0 Å². The summed E-state index contributed by atoms with van der Waals surface area (Å²) in [4.78, 5) is 96.3. The van der Waals surface area contributed by atoms with Crippen LogP contribution in [-0.2, 0) is 77.0 Å². The summed E-state index contributed by atoms with van der Waals surface area (Å²) in [5.74, 6) is 5.07. The number of carbonyl (C=O) groups is 7. The molecule has 28 heteroatoms. The van der Waals surface area contributed by atoms with Crippen molar-refractivity contribution in [1.29, 1.82) is 0 Å². The molecule has 0 amide bonds. The smallest absolute Gasteiger partial charge is 0.769 e. The maximum atomic E-state index is 12.4. The van der Waals surface area contributed by atoms with E-state index < -0.39 is 25.1 Å². The Morgan fingerprint density at radius 3 is 1.33 bits per heavy atom. The molecule has 10 aliphatic carbocycles. The van der Waals surface area contributed by atoms with Gasteiger partial charge in [0.1, 0.15) is 36.8 Å². The van der Waals surface area contributed by atoms with Crippen molar-refractivity contribution in [2.24, 2.45) is 142 Å². The van der Waals surface area contributed by atoms with Gasteiger partial charge in [-0.3, -0.25) is 43.5 Å². The second-order valence-electron chi connectivity index (χ2n) is 36.7. The van der Waals surface area contributed by atoms with Crippen LogP contribution in [0.15, 0.2) is 80.6 Å². The van der Waals surface area contributed by atoms with E-state index in [0.29, 0.717) is 96.3 Å². The second kappa shape index (κ2) is 44.3. The molecule has 10 saturated carbocycles. The van der Waals surface area contributed by atoms with Gasteiger partial charge in [-0.2, -0.15) is 0 Å². The number of aliphatic hydroxyl groups is 2. The molecule has 0 bridgehead atoms. The quantitative estimate of drug-likeness (QED) is 0.0470. The third kappa shape index (κ3) is 22.1. The molecule has 3 aromatic heterocycles. The van der Waals surface area contributed by atoms with Crippen LogP contribution < -0.4 is 34.2 Å². The van der Waals surface area contributed by atoms with Crippen molar-refractivity contribution in [2.45, 2.75) is 251 Å². The summed E-state index contributed by atoms with van der Waals surface area (Å²) in [6.45, 7) is 14.3. The number of aliphatic carboxylic acids is 1. The van der Waals surface area contributed by atoms with Crippen LogP contribution >= 0.6 is 67.3 Å². The number of hydrogen-bond acceptors (Lipinski definition) is 21. The molecule has 15 fully saturated rings. The average Bonchev–Trinajstić information content (AvgIpc) is 1.54. The number of rotatable bonds is 13. The van der Waals surface area contributed by atoms with Gasteiger partial charge >= 0.3 is 73.0 Å². The topological polar surface area (TPSA) is 324 Å². The van der Waals surface area contributed by atoms with Crippen molar-refractivity contribution in [1.82, 2.24) is 15.0 Å². The first-order valence-electron chi connectivity index (χ1n) is 44.5. The van der Waals surface area contributed by atoms with Crippen LogP contribution in [-0.4, -0.2) is 128 Å². The minimum absolute atomic E-state index is 0. The molecule has 0 radical (unpaired) electrons. The van der Waals surface area contributed by atoms with E-state index in [0.717, 1.165) is 88.9 Å². The second-order valence-corrected chi connectivity index (χ2v) is 41.5. The fourth-order valence-corrected chi connectivity index (χ4v) is 28.0. The van der Waals surface area contributed by atoms with E-state index >= 15 is 0 Å². The van der Waals surface area contributed by atoms with E-state index in [2.05, 4.69) is 99.8 Å². The number of hydrogen-bond donors (Lipinski definition) is 3. The predicted molar refractivity (Wildman–Crippen MR) is 457 cm³/mol. The Morgan fingerprint density at radius 2 is 0.892 bits per heavy atom. The Morgan fingerprint density at radius 1 is 0.517 bits per heavy atom. The molecule has 120 heavy (non-hydrogen) atoms. The van der Waals surface area contributed by atoms with Crippen molar-refractivity contribution < 1.29 is 120 Å². The molecule has 8 heterocycles. The molecule has 3 aromatic rings. The van der Waals surface area contributed by atoms with E-state index in [1.165, 1.54) is 96.3 Å². The zero-order valence-electron chi connectivity index (χ0n) is 71.0. The average molecular weight is 1910 g/mol. The van der Waals surface area contributed by atoms with Crippen LogP contribution in [0.1, 0.15) is 226 Å². The van der Waals surface area contributed by atoms with Crippen LogP contribution in [0.4, 0.5) is 0 Å². The largest absolute Gasteiger partial charge is 1.00 e. The molecule has 30 atom stereocenters. The van der Waals surface area contributed by atoms with Gasteiger partial charge in [-0.15, -0.1) is 0 Å². The number of halogens is 4. The molecule has 18 rings (SSSR count). The molecular weight excluding hydrogens is 1780 g/mol. The van der Waals surface area contributed by atoms with Gasteiger partial charge in [0.2, 0.25) is 0 Å². The summed E-state index contributed by atoms with van der Waals surface area (Å²) >= 11 is 13.5. The number of allylic oxidation sites excluding steroid dienone is 2. The summed E-state index contributed by atoms with van der Waals surface area (Å²) in [7, 11) is -3.03. The molecule has 3 N–H and O–H groups in total. The summed E-state index contributed by atoms with van der Waals surface area (Å²) in [6.07, 6.45) is 43.4. The number of nitrogens with zero attached hydrogens (tertiary/aromatic N) is 3. The van der Waals surface area contributed by atoms with Crippen LogP contribution in [0.3, 0.4) is 0 Å². The maximum Gasteiger partial charge on any atom is 1.00 e. The zero-order valence-corrected chi connectivity index (χ0v) is 79.4. The van der Waals surface area contributed by atoms with Gasteiger partial charge in [0, 0.05) is 74.1 Å². The van der Waals surface area contributed by atoms with Crippen molar-refractivity contribution in [2.75, 3.05) is 19.8 Å². The zero-order chi connectivity index (χ0) is 85.1. The summed E-state index contributed by atoms with van der Waals surface area (Å²) in [6, 6.07) is 11.6. The number of carboxylic acid groups (broad SMARTS) is 1. The van der Waals surface area contributed by atoms with E-state index in [1.807, 2.05) is 70.3 Å². The molecule has 5 saturated heterocycles. The molecule has 22 nitrogen and oxygen atoms in total. The fraction of sp³-hybridized carbons (Fsp3) is 0.717. The minimum atomic E-state index is -3.03. The number of aldehydes is 1. The van der Waals surface area contributed by atoms with Crippen LogP contribution in [0.5, 0.6) is 0 Å². The van der Waals surface area contributed by atoms with E-state index in [9.17, 15) is 53.4 Å². The van der Waals surface area contributed by atoms with Gasteiger partial charge in [0.05, 0.1) is 66.0 Å². The van der Waals surface area contributed by atoms with Gasteiger partial charge in [0.15, 0.2) is 5.60 Å². The van der Waals surface area contributed by atoms with Crippen LogP contribution in [0.25, 0.3) is 12.2 Å². The number of carbonyl (C=O) groups excluding carboxylic acids is 6. The van der Waals surface area contributed by atoms with Crippen LogP contribution in [0.2, 0.25) is 0 Å². The number of cyclic esters (lactones) is 5. The normalized spacial score (nSPS) is 38.8. The number of aromatic nitrogens is 3. The maximum absolute atomic E-state index is 12.4. The van der Waals surface area contributed by atoms with Crippen molar-refractivity contribution in [3.05, 3.63) is 97.6 Å². The van der Waals surface area contributed by atoms with E-state index in [1.54, 1.807) is 32.3 Å². The summed E-state index contributed by atoms with van der Waals surface area (Å²) in [5.41, 5.74) is 1.25. The first kappa shape index (κ1) is 96.8. The molecule has 656 valence electrons. The van der Waals surface area contributed by atoms with Gasteiger partial charge in [-0.25, -0.2) is 16.7 Å². The Bertz CT molecular complexity index is 4030. The SMILES string of the molecule is CCOP(=O)(Cc1ccc(Br)cn1)OCC.C[C@H]1OC(=O)[C@@H]2C[C@@H]3CCCC[C@H]3[C@H](/C=C/c3ccc(Br)cn3)[C@H]12.C[C@H]1OC(=O)[C@@H]2C[C@@H]3CCCC[C@H]3[C@H](C(=O)O)[C@H]12.C[C@H]1OC(=O)[C@@H]2C[C@@H]3CCCC[C@H]3[C@H](C=O)[C@H]12.C[C@H]1OC(=O)[C@@H]2C[C@@H]3CCCC[C@H]3[C@H](CO)[C@H]12.C[C@H]1OC(=O)[C@]2(O)C[C@@H]3CCCC[C@H]3[C@H](/C=C/c3ccc(Br)cn3)[C@H]12.[Na+].[O-]Cl. The first-order valence-corrected chi connectivity index (χ1v) is 48.9.